The zero-order valence-corrected chi connectivity index (χ0v) is 14.5. The minimum Gasteiger partial charge on any atom is -0.478 e. The summed E-state index contributed by atoms with van der Waals surface area (Å²) >= 11 is 5.73. The van der Waals surface area contributed by atoms with Crippen molar-refractivity contribution in [3.8, 4) is 11.5 Å². The lowest BCUT2D eigenvalue weighted by Gasteiger charge is -2.12. The number of amides is 1. The molecule has 0 atom stereocenters. The minimum atomic E-state index is -1.20. The van der Waals surface area contributed by atoms with E-state index in [1.165, 1.54) is 30.3 Å². The Labute approximate surface area is 159 Å². The van der Waals surface area contributed by atoms with Crippen LogP contribution < -0.4 is 10.1 Å². The minimum absolute atomic E-state index is 0.0714. The van der Waals surface area contributed by atoms with Crippen molar-refractivity contribution in [2.24, 2.45) is 0 Å². The molecule has 0 spiro atoms. The highest BCUT2D eigenvalue weighted by Gasteiger charge is 2.15. The number of benzene rings is 3. The van der Waals surface area contributed by atoms with Crippen LogP contribution in [-0.2, 0) is 0 Å². The molecule has 27 heavy (non-hydrogen) atoms. The van der Waals surface area contributed by atoms with Gasteiger partial charge in [-0.2, -0.15) is 0 Å². The summed E-state index contributed by atoms with van der Waals surface area (Å²) in [6.07, 6.45) is 0. The Morgan fingerprint density at radius 1 is 0.963 bits per heavy atom. The quantitative estimate of drug-likeness (QED) is 0.631. The molecule has 0 saturated heterocycles. The second-order valence-electron chi connectivity index (χ2n) is 5.51. The van der Waals surface area contributed by atoms with Gasteiger partial charge in [0, 0.05) is 17.7 Å². The topological polar surface area (TPSA) is 75.6 Å². The number of ether oxygens (including phenoxy) is 1. The van der Waals surface area contributed by atoms with Gasteiger partial charge in [-0.3, -0.25) is 4.79 Å². The molecular formula is C20H13ClFNO4. The first-order valence-electron chi connectivity index (χ1n) is 7.80. The number of hydrogen-bond acceptors (Lipinski definition) is 3. The Morgan fingerprint density at radius 2 is 1.63 bits per heavy atom. The Bertz CT molecular complexity index is 1010. The van der Waals surface area contributed by atoms with Crippen molar-refractivity contribution in [1.82, 2.24) is 0 Å². The number of carboxylic acids is 1. The Balaban J connectivity index is 1.89. The zero-order valence-electron chi connectivity index (χ0n) is 13.8. The SMILES string of the molecule is O=C(Nc1cc(Oc2ccc(F)c(Cl)c2)ccc1C(=O)O)c1ccccc1. The third-order valence-corrected chi connectivity index (χ3v) is 3.92. The maximum Gasteiger partial charge on any atom is 0.337 e. The van der Waals surface area contributed by atoms with E-state index in [9.17, 15) is 19.1 Å². The smallest absolute Gasteiger partial charge is 0.337 e. The molecule has 3 aromatic rings. The van der Waals surface area contributed by atoms with E-state index in [4.69, 9.17) is 16.3 Å². The molecular weight excluding hydrogens is 373 g/mol. The van der Waals surface area contributed by atoms with E-state index >= 15 is 0 Å². The second kappa shape index (κ2) is 7.88. The first-order valence-corrected chi connectivity index (χ1v) is 8.18. The van der Waals surface area contributed by atoms with Gasteiger partial charge in [0.1, 0.15) is 17.3 Å². The number of halogens is 2. The Morgan fingerprint density at radius 3 is 2.30 bits per heavy atom. The summed E-state index contributed by atoms with van der Waals surface area (Å²) in [6, 6.07) is 16.3. The lowest BCUT2D eigenvalue weighted by molar-refractivity contribution is 0.0698. The number of carboxylic acid groups (broad SMARTS) is 1. The molecule has 0 aliphatic heterocycles. The van der Waals surface area contributed by atoms with E-state index in [2.05, 4.69) is 5.32 Å². The molecule has 0 fully saturated rings. The van der Waals surface area contributed by atoms with Crippen LogP contribution in [0.15, 0.2) is 66.7 Å². The van der Waals surface area contributed by atoms with Gasteiger partial charge in [-0.1, -0.05) is 29.8 Å². The second-order valence-corrected chi connectivity index (χ2v) is 5.92. The van der Waals surface area contributed by atoms with Crippen molar-refractivity contribution < 1.29 is 23.8 Å². The van der Waals surface area contributed by atoms with Gasteiger partial charge >= 0.3 is 5.97 Å². The van der Waals surface area contributed by atoms with Crippen LogP contribution in [0.25, 0.3) is 0 Å². The fraction of sp³-hybridized carbons (Fsp3) is 0. The van der Waals surface area contributed by atoms with Crippen molar-refractivity contribution >= 4 is 29.2 Å². The van der Waals surface area contributed by atoms with Crippen LogP contribution in [0.5, 0.6) is 11.5 Å². The van der Waals surface area contributed by atoms with Crippen LogP contribution in [0.3, 0.4) is 0 Å². The molecule has 0 heterocycles. The summed E-state index contributed by atoms with van der Waals surface area (Å²) in [5.41, 5.74) is 0.358. The molecule has 3 rings (SSSR count). The third-order valence-electron chi connectivity index (χ3n) is 3.63. The number of carbonyl (C=O) groups excluding carboxylic acids is 1. The van der Waals surface area contributed by atoms with Crippen LogP contribution in [0.1, 0.15) is 20.7 Å². The Kier molecular flexibility index (Phi) is 5.38. The van der Waals surface area contributed by atoms with Crippen molar-refractivity contribution in [1.29, 1.82) is 0 Å². The highest BCUT2D eigenvalue weighted by atomic mass is 35.5. The summed E-state index contributed by atoms with van der Waals surface area (Å²) in [7, 11) is 0. The number of nitrogens with one attached hydrogen (secondary N) is 1. The van der Waals surface area contributed by atoms with E-state index in [0.29, 0.717) is 5.56 Å². The zero-order chi connectivity index (χ0) is 19.4. The lowest BCUT2D eigenvalue weighted by Crippen LogP contribution is -2.14. The monoisotopic (exact) mass is 385 g/mol. The van der Waals surface area contributed by atoms with Crippen LogP contribution in [0.4, 0.5) is 10.1 Å². The Hall–Kier alpha value is -3.38. The van der Waals surface area contributed by atoms with Crippen molar-refractivity contribution in [2.75, 3.05) is 5.32 Å². The van der Waals surface area contributed by atoms with E-state index < -0.39 is 17.7 Å². The molecule has 1 amide bonds. The lowest BCUT2D eigenvalue weighted by atomic mass is 10.1. The summed E-state index contributed by atoms with van der Waals surface area (Å²) < 4.78 is 18.8. The summed E-state index contributed by atoms with van der Waals surface area (Å²) in [6.45, 7) is 0. The van der Waals surface area contributed by atoms with Crippen LogP contribution in [0, 0.1) is 5.82 Å². The summed E-state index contributed by atoms with van der Waals surface area (Å²) in [5, 5.41) is 11.8. The molecule has 2 N–H and O–H groups in total. The van der Waals surface area contributed by atoms with Gasteiger partial charge < -0.3 is 15.2 Å². The van der Waals surface area contributed by atoms with E-state index in [1.54, 1.807) is 30.3 Å². The molecule has 0 aliphatic rings. The van der Waals surface area contributed by atoms with Crippen molar-refractivity contribution in [2.45, 2.75) is 0 Å². The van der Waals surface area contributed by atoms with Gasteiger partial charge in [-0.05, 0) is 36.4 Å². The molecule has 5 nitrogen and oxygen atoms in total. The molecule has 7 heteroatoms. The largest absolute Gasteiger partial charge is 0.478 e. The van der Waals surface area contributed by atoms with Gasteiger partial charge in [0.15, 0.2) is 0 Å². The van der Waals surface area contributed by atoms with Crippen molar-refractivity contribution in [3.05, 3.63) is 88.7 Å². The number of hydrogen-bond donors (Lipinski definition) is 2. The molecule has 3 aromatic carbocycles. The first-order chi connectivity index (χ1) is 12.9. The fourth-order valence-corrected chi connectivity index (χ4v) is 2.51. The molecule has 136 valence electrons. The molecule has 0 unspecified atom stereocenters. The van der Waals surface area contributed by atoms with E-state index in [0.717, 1.165) is 6.07 Å². The molecule has 0 bridgehead atoms. The normalized spacial score (nSPS) is 10.3. The van der Waals surface area contributed by atoms with Gasteiger partial charge in [0.2, 0.25) is 0 Å². The number of rotatable bonds is 5. The maximum atomic E-state index is 13.2. The van der Waals surface area contributed by atoms with E-state index in [1.807, 2.05) is 0 Å². The molecule has 0 saturated carbocycles. The summed E-state index contributed by atoms with van der Waals surface area (Å²) in [5.74, 6) is -1.72. The summed E-state index contributed by atoms with van der Waals surface area (Å²) in [4.78, 5) is 23.8. The predicted molar refractivity (Wildman–Crippen MR) is 99.3 cm³/mol. The van der Waals surface area contributed by atoms with Gasteiger partial charge in [-0.25, -0.2) is 9.18 Å². The molecule has 0 aromatic heterocycles. The van der Waals surface area contributed by atoms with Crippen LogP contribution in [-0.4, -0.2) is 17.0 Å². The van der Waals surface area contributed by atoms with Gasteiger partial charge in [0.25, 0.3) is 5.91 Å². The highest BCUT2D eigenvalue weighted by Crippen LogP contribution is 2.29. The fourth-order valence-electron chi connectivity index (χ4n) is 2.34. The average molecular weight is 386 g/mol. The maximum absolute atomic E-state index is 13.2. The molecule has 0 aliphatic carbocycles. The molecule has 0 radical (unpaired) electrons. The van der Waals surface area contributed by atoms with Crippen molar-refractivity contribution in [3.63, 3.8) is 0 Å². The number of anilines is 1. The standard InChI is InChI=1S/C20H13ClFNO4/c21-16-10-13(7-9-17(16)22)27-14-6-8-15(20(25)26)18(11-14)23-19(24)12-4-2-1-3-5-12/h1-11H,(H,23,24)(H,25,26). The third kappa shape index (κ3) is 4.43. The van der Waals surface area contributed by atoms with Crippen LogP contribution in [0.2, 0.25) is 5.02 Å². The number of carbonyl (C=O) groups is 2. The van der Waals surface area contributed by atoms with Crippen LogP contribution >= 0.6 is 11.6 Å². The van der Waals surface area contributed by atoms with Gasteiger partial charge in [-0.15, -0.1) is 0 Å². The predicted octanol–water partition coefficient (Wildman–Crippen LogP) is 5.22. The van der Waals surface area contributed by atoms with Gasteiger partial charge in [0.05, 0.1) is 16.3 Å². The highest BCUT2D eigenvalue weighted by molar-refractivity contribution is 6.30. The number of aromatic carboxylic acids is 1. The average Bonchev–Trinajstić information content (AvgIpc) is 2.65. The van der Waals surface area contributed by atoms with E-state index in [-0.39, 0.29) is 27.8 Å². The first kappa shape index (κ1) is 18.4.